The first-order valence-electron chi connectivity index (χ1n) is 11.2. The van der Waals surface area contributed by atoms with E-state index in [1.807, 2.05) is 0 Å². The van der Waals surface area contributed by atoms with Crippen molar-refractivity contribution in [1.82, 2.24) is 14.7 Å². The van der Waals surface area contributed by atoms with Crippen molar-refractivity contribution in [3.8, 4) is 0 Å². The van der Waals surface area contributed by atoms with Crippen LogP contribution < -0.4 is 0 Å². The zero-order valence-electron chi connectivity index (χ0n) is 19.0. The van der Waals surface area contributed by atoms with Gasteiger partial charge >= 0.3 is 6.18 Å². The summed E-state index contributed by atoms with van der Waals surface area (Å²) in [4.78, 5) is 1.62. The fourth-order valence-electron chi connectivity index (χ4n) is 4.44. The zero-order chi connectivity index (χ0) is 26.3. The predicted octanol–water partition coefficient (Wildman–Crippen LogP) is 7.29. The fourth-order valence-corrected chi connectivity index (χ4v) is 4.44. The molecule has 0 amide bonds. The number of allylic oxidation sites excluding steroid dienone is 2. The van der Waals surface area contributed by atoms with Crippen LogP contribution >= 0.6 is 0 Å². The van der Waals surface area contributed by atoms with Gasteiger partial charge in [0.05, 0.1) is 23.8 Å². The molecule has 1 aliphatic rings. The lowest BCUT2D eigenvalue weighted by Crippen LogP contribution is -2.26. The highest BCUT2D eigenvalue weighted by Gasteiger charge is 2.36. The summed E-state index contributed by atoms with van der Waals surface area (Å²) in [5.41, 5.74) is -0.972. The minimum atomic E-state index is -4.70. The highest BCUT2D eigenvalue weighted by atomic mass is 19.4. The van der Waals surface area contributed by atoms with Gasteiger partial charge in [0.15, 0.2) is 0 Å². The Morgan fingerprint density at radius 1 is 0.784 bits per heavy atom. The molecule has 0 bridgehead atoms. The Labute approximate surface area is 206 Å². The molecule has 3 nitrogen and oxygen atoms in total. The molecule has 5 rings (SSSR count). The largest absolute Gasteiger partial charge is 0.418 e. The molecular formula is C27H18F7N3. The molecule has 0 fully saturated rings. The van der Waals surface area contributed by atoms with Crippen LogP contribution in [0.3, 0.4) is 0 Å². The van der Waals surface area contributed by atoms with E-state index in [4.69, 9.17) is 0 Å². The van der Waals surface area contributed by atoms with E-state index in [1.54, 1.807) is 29.3 Å². The van der Waals surface area contributed by atoms with Gasteiger partial charge in [0.1, 0.15) is 28.8 Å². The van der Waals surface area contributed by atoms with Gasteiger partial charge in [0.2, 0.25) is 0 Å². The Kier molecular flexibility index (Phi) is 6.26. The maximum atomic E-state index is 14.5. The van der Waals surface area contributed by atoms with E-state index in [0.717, 1.165) is 30.3 Å². The average Bonchev–Trinajstić information content (AvgIpc) is 3.20. The normalized spacial score (nSPS) is 15.6. The van der Waals surface area contributed by atoms with Gasteiger partial charge in [-0.1, -0.05) is 30.4 Å². The van der Waals surface area contributed by atoms with Crippen molar-refractivity contribution in [2.24, 2.45) is 0 Å². The van der Waals surface area contributed by atoms with Gasteiger partial charge in [-0.15, -0.1) is 0 Å². The minimum Gasteiger partial charge on any atom is -0.361 e. The number of hydrogen-bond acceptors (Lipinski definition) is 2. The van der Waals surface area contributed by atoms with Crippen LogP contribution in [0.25, 0.3) is 10.9 Å². The molecule has 2 heterocycles. The van der Waals surface area contributed by atoms with Crippen molar-refractivity contribution < 1.29 is 30.7 Å². The lowest BCUT2D eigenvalue weighted by Gasteiger charge is -2.31. The van der Waals surface area contributed by atoms with Crippen molar-refractivity contribution in [3.05, 3.63) is 125 Å². The molecule has 0 saturated heterocycles. The average molecular weight is 517 g/mol. The summed E-state index contributed by atoms with van der Waals surface area (Å²) in [5.74, 6) is -2.95. The molecule has 190 valence electrons. The molecule has 1 aliphatic heterocycles. The van der Waals surface area contributed by atoms with E-state index in [1.165, 1.54) is 22.9 Å². The number of nitrogens with zero attached hydrogens (tertiary/aromatic N) is 3. The van der Waals surface area contributed by atoms with Crippen LogP contribution in [-0.4, -0.2) is 14.7 Å². The Morgan fingerprint density at radius 2 is 1.54 bits per heavy atom. The predicted molar refractivity (Wildman–Crippen MR) is 123 cm³/mol. The standard InChI is InChI=1S/C27H18F7N3/c28-18-9-10-22(30)17(12-18)14-36-11-2-1-6-24(36)26-20-4-3-5-21(27(32,33)34)25(20)35-37(26)15-16-7-8-19(29)13-23(16)31/h1-13,24H,14-15H2. The molecule has 0 aliphatic carbocycles. The van der Waals surface area contributed by atoms with E-state index < -0.39 is 41.1 Å². The molecule has 0 radical (unpaired) electrons. The lowest BCUT2D eigenvalue weighted by molar-refractivity contribution is -0.136. The first-order valence-corrected chi connectivity index (χ1v) is 11.2. The van der Waals surface area contributed by atoms with Crippen LogP contribution in [0, 0.1) is 23.3 Å². The topological polar surface area (TPSA) is 21.1 Å². The highest BCUT2D eigenvalue weighted by Crippen LogP contribution is 2.39. The summed E-state index contributed by atoms with van der Waals surface area (Å²) in [6, 6.07) is 8.81. The molecular weight excluding hydrogens is 499 g/mol. The smallest absolute Gasteiger partial charge is 0.361 e. The first-order chi connectivity index (χ1) is 17.6. The van der Waals surface area contributed by atoms with Gasteiger partial charge < -0.3 is 4.90 Å². The van der Waals surface area contributed by atoms with Gasteiger partial charge in [-0.3, -0.25) is 4.68 Å². The molecule has 0 saturated carbocycles. The Bertz CT molecular complexity index is 1540. The Morgan fingerprint density at radius 3 is 2.30 bits per heavy atom. The molecule has 3 aromatic carbocycles. The van der Waals surface area contributed by atoms with Gasteiger partial charge in [-0.05, 0) is 36.4 Å². The van der Waals surface area contributed by atoms with Gasteiger partial charge in [-0.25, -0.2) is 17.6 Å². The quantitative estimate of drug-likeness (QED) is 0.259. The van der Waals surface area contributed by atoms with Crippen molar-refractivity contribution in [2.45, 2.75) is 25.3 Å². The van der Waals surface area contributed by atoms with Gasteiger partial charge in [0.25, 0.3) is 0 Å². The van der Waals surface area contributed by atoms with Crippen LogP contribution in [0.15, 0.2) is 79.0 Å². The van der Waals surface area contributed by atoms with Crippen molar-refractivity contribution >= 4 is 10.9 Å². The SMILES string of the molecule is Fc1ccc(Cn2nc3c(C(F)(F)F)cccc3c2C2C=CC=CN2Cc2cc(F)ccc2F)c(F)c1. The maximum Gasteiger partial charge on any atom is 0.418 e. The Hall–Kier alpha value is -4.08. The van der Waals surface area contributed by atoms with E-state index in [0.29, 0.717) is 6.07 Å². The van der Waals surface area contributed by atoms with Crippen LogP contribution in [0.1, 0.15) is 28.4 Å². The van der Waals surface area contributed by atoms with Crippen molar-refractivity contribution in [3.63, 3.8) is 0 Å². The lowest BCUT2D eigenvalue weighted by atomic mass is 10.0. The minimum absolute atomic E-state index is 0.0158. The summed E-state index contributed by atoms with van der Waals surface area (Å²) < 4.78 is 98.9. The number of halogens is 7. The number of rotatable bonds is 5. The van der Waals surface area contributed by atoms with E-state index in [-0.39, 0.29) is 40.8 Å². The van der Waals surface area contributed by atoms with Crippen LogP contribution in [0.5, 0.6) is 0 Å². The number of aromatic nitrogens is 2. The summed E-state index contributed by atoms with van der Waals surface area (Å²) in [5, 5.41) is 4.36. The van der Waals surface area contributed by atoms with E-state index in [9.17, 15) is 30.7 Å². The molecule has 0 spiro atoms. The monoisotopic (exact) mass is 517 g/mol. The molecule has 10 heteroatoms. The summed E-state index contributed by atoms with van der Waals surface area (Å²) in [7, 11) is 0. The third-order valence-corrected chi connectivity index (χ3v) is 6.13. The molecule has 1 atom stereocenters. The molecule has 1 unspecified atom stereocenters. The summed E-state index contributed by atoms with van der Waals surface area (Å²) in [6.45, 7) is -0.394. The third-order valence-electron chi connectivity index (χ3n) is 6.13. The molecule has 37 heavy (non-hydrogen) atoms. The molecule has 1 aromatic heterocycles. The highest BCUT2D eigenvalue weighted by molar-refractivity contribution is 5.86. The first kappa shape index (κ1) is 24.6. The van der Waals surface area contributed by atoms with Crippen molar-refractivity contribution in [1.29, 1.82) is 0 Å². The molecule has 4 aromatic rings. The van der Waals surface area contributed by atoms with Gasteiger partial charge in [0, 0.05) is 35.3 Å². The molecule has 0 N–H and O–H groups in total. The van der Waals surface area contributed by atoms with Crippen LogP contribution in [0.4, 0.5) is 30.7 Å². The summed E-state index contributed by atoms with van der Waals surface area (Å²) >= 11 is 0. The second-order valence-electron chi connectivity index (χ2n) is 8.56. The maximum absolute atomic E-state index is 14.5. The second-order valence-corrected chi connectivity index (χ2v) is 8.56. The zero-order valence-corrected chi connectivity index (χ0v) is 19.0. The second kappa shape index (κ2) is 9.42. The summed E-state index contributed by atoms with van der Waals surface area (Å²) in [6.07, 6.45) is 1.88. The number of alkyl halides is 3. The van der Waals surface area contributed by atoms with E-state index >= 15 is 0 Å². The van der Waals surface area contributed by atoms with Crippen molar-refractivity contribution in [2.75, 3.05) is 0 Å². The fraction of sp³-hybridized carbons (Fsp3) is 0.148. The number of fused-ring (bicyclic) bond motifs is 1. The van der Waals surface area contributed by atoms with Crippen LogP contribution in [-0.2, 0) is 19.3 Å². The Balaban J connectivity index is 1.66. The third kappa shape index (κ3) is 4.83. The number of benzene rings is 3. The van der Waals surface area contributed by atoms with E-state index in [2.05, 4.69) is 5.10 Å². The van der Waals surface area contributed by atoms with Gasteiger partial charge in [-0.2, -0.15) is 18.3 Å². The van der Waals surface area contributed by atoms with Crippen LogP contribution in [0.2, 0.25) is 0 Å². The number of hydrogen-bond donors (Lipinski definition) is 0.